The van der Waals surface area contributed by atoms with E-state index in [1.807, 2.05) is 0 Å². The molecule has 0 spiro atoms. The van der Waals surface area contributed by atoms with Gasteiger partial charge in [0.1, 0.15) is 6.20 Å². The molecule has 2 amide bonds. The van der Waals surface area contributed by atoms with Crippen molar-refractivity contribution in [1.29, 1.82) is 0 Å². The summed E-state index contributed by atoms with van der Waals surface area (Å²) in [6.07, 6.45) is 2.65. The lowest BCUT2D eigenvalue weighted by atomic mass is 10.4. The molecule has 0 aliphatic heterocycles. The summed E-state index contributed by atoms with van der Waals surface area (Å²) in [5, 5.41) is 17.5. The zero-order valence-corrected chi connectivity index (χ0v) is 11.8. The molecule has 6 N–H and O–H groups in total. The Morgan fingerprint density at radius 3 is 1.82 bits per heavy atom. The van der Waals surface area contributed by atoms with Gasteiger partial charge in [-0.25, -0.2) is 0 Å². The number of rotatable bonds is 3. The molecule has 0 aliphatic rings. The van der Waals surface area contributed by atoms with Crippen LogP contribution < -0.4 is 17.2 Å². The number of nitro groups is 1. The molecule has 0 atom stereocenters. The second-order valence-corrected chi connectivity index (χ2v) is 4.13. The number of hydrogen-bond donors (Lipinski definition) is 3. The van der Waals surface area contributed by atoms with E-state index in [4.69, 9.17) is 17.2 Å². The molecule has 0 aromatic carbocycles. The molecular formula is C10H14N8O4. The molecule has 2 aromatic heterocycles. The van der Waals surface area contributed by atoms with E-state index in [-0.39, 0.29) is 17.1 Å². The fraction of sp³-hybridized carbons (Fsp3) is 0.200. The van der Waals surface area contributed by atoms with Gasteiger partial charge < -0.3 is 17.2 Å². The van der Waals surface area contributed by atoms with Crippen molar-refractivity contribution in [1.82, 2.24) is 19.6 Å². The van der Waals surface area contributed by atoms with Crippen molar-refractivity contribution in [2.24, 2.45) is 25.6 Å². The van der Waals surface area contributed by atoms with E-state index in [1.54, 1.807) is 7.05 Å². The van der Waals surface area contributed by atoms with Crippen molar-refractivity contribution in [3.8, 4) is 0 Å². The van der Waals surface area contributed by atoms with Crippen molar-refractivity contribution in [3.63, 3.8) is 0 Å². The highest BCUT2D eigenvalue weighted by Gasteiger charge is 2.22. The Labute approximate surface area is 123 Å². The molecule has 2 rings (SSSR count). The highest BCUT2D eigenvalue weighted by molar-refractivity contribution is 5.95. The summed E-state index contributed by atoms with van der Waals surface area (Å²) in [5.41, 5.74) is 14.9. The van der Waals surface area contributed by atoms with Crippen molar-refractivity contribution >= 4 is 23.2 Å². The number of anilines is 1. The minimum absolute atomic E-state index is 0.127. The van der Waals surface area contributed by atoms with E-state index in [1.165, 1.54) is 17.9 Å². The van der Waals surface area contributed by atoms with Crippen molar-refractivity contribution in [3.05, 3.63) is 33.9 Å². The zero-order chi connectivity index (χ0) is 17.0. The number of carbonyl (C=O) groups excluding carboxylic acids is 2. The highest BCUT2D eigenvalue weighted by Crippen LogP contribution is 2.14. The molecule has 0 saturated heterocycles. The molecular weight excluding hydrogens is 296 g/mol. The average molecular weight is 310 g/mol. The Bertz CT molecular complexity index is 700. The molecule has 0 bridgehead atoms. The van der Waals surface area contributed by atoms with Crippen LogP contribution in [0.5, 0.6) is 0 Å². The van der Waals surface area contributed by atoms with Crippen molar-refractivity contribution in [2.75, 3.05) is 5.73 Å². The molecule has 118 valence electrons. The summed E-state index contributed by atoms with van der Waals surface area (Å²) in [4.78, 5) is 30.7. The number of carbonyl (C=O) groups is 2. The van der Waals surface area contributed by atoms with Gasteiger partial charge in [0.15, 0.2) is 5.69 Å². The van der Waals surface area contributed by atoms with E-state index in [0.717, 1.165) is 10.9 Å². The fourth-order valence-electron chi connectivity index (χ4n) is 1.48. The Balaban J connectivity index is 0.000000224. The summed E-state index contributed by atoms with van der Waals surface area (Å²) < 4.78 is 2.60. The zero-order valence-electron chi connectivity index (χ0n) is 11.8. The third kappa shape index (κ3) is 3.78. The summed E-state index contributed by atoms with van der Waals surface area (Å²) in [6, 6.07) is 0. The summed E-state index contributed by atoms with van der Waals surface area (Å²) in [7, 11) is 3.14. The van der Waals surface area contributed by atoms with Gasteiger partial charge >= 0.3 is 5.69 Å². The van der Waals surface area contributed by atoms with E-state index in [9.17, 15) is 19.7 Å². The van der Waals surface area contributed by atoms with Crippen LogP contribution in [0.3, 0.4) is 0 Å². The summed E-state index contributed by atoms with van der Waals surface area (Å²) >= 11 is 0. The van der Waals surface area contributed by atoms with Crippen LogP contribution in [0.25, 0.3) is 0 Å². The normalized spacial score (nSPS) is 9.73. The van der Waals surface area contributed by atoms with Crippen LogP contribution in [0.15, 0.2) is 12.4 Å². The van der Waals surface area contributed by atoms with Gasteiger partial charge in [0, 0.05) is 20.3 Å². The van der Waals surface area contributed by atoms with Crippen LogP contribution in [0, 0.1) is 10.1 Å². The predicted molar refractivity (Wildman–Crippen MR) is 74.5 cm³/mol. The van der Waals surface area contributed by atoms with E-state index in [2.05, 4.69) is 10.2 Å². The maximum Gasteiger partial charge on any atom is 0.320 e. The minimum atomic E-state index is -0.901. The second kappa shape index (κ2) is 6.34. The first-order valence-corrected chi connectivity index (χ1v) is 5.70. The average Bonchev–Trinajstić information content (AvgIpc) is 2.93. The van der Waals surface area contributed by atoms with Crippen LogP contribution in [-0.2, 0) is 14.1 Å². The number of amides is 2. The number of nitrogens with two attached hydrogens (primary N) is 3. The van der Waals surface area contributed by atoms with E-state index >= 15 is 0 Å². The van der Waals surface area contributed by atoms with E-state index < -0.39 is 16.7 Å². The quantitative estimate of drug-likeness (QED) is 0.454. The number of primary amides is 2. The second-order valence-electron chi connectivity index (χ2n) is 4.13. The first-order chi connectivity index (χ1) is 10.1. The predicted octanol–water partition coefficient (Wildman–Crippen LogP) is -1.47. The van der Waals surface area contributed by atoms with Crippen LogP contribution in [0.4, 0.5) is 11.4 Å². The number of aryl methyl sites for hydroxylation is 2. The van der Waals surface area contributed by atoms with Gasteiger partial charge in [-0.05, 0) is 0 Å². The lowest BCUT2D eigenvalue weighted by molar-refractivity contribution is -0.385. The molecule has 2 aromatic rings. The highest BCUT2D eigenvalue weighted by atomic mass is 16.6. The lowest BCUT2D eigenvalue weighted by Gasteiger charge is -1.86. The van der Waals surface area contributed by atoms with Crippen LogP contribution in [0.2, 0.25) is 0 Å². The minimum Gasteiger partial charge on any atom is -0.396 e. The van der Waals surface area contributed by atoms with Crippen LogP contribution >= 0.6 is 0 Å². The molecule has 0 radical (unpaired) electrons. The maximum absolute atomic E-state index is 10.6. The number of aromatic nitrogens is 4. The first-order valence-electron chi connectivity index (χ1n) is 5.70. The lowest BCUT2D eigenvalue weighted by Crippen LogP contribution is -2.13. The molecule has 0 unspecified atom stereocenters. The number of nitrogen functional groups attached to an aromatic ring is 1. The smallest absolute Gasteiger partial charge is 0.320 e. The monoisotopic (exact) mass is 310 g/mol. The van der Waals surface area contributed by atoms with Crippen LogP contribution in [-0.4, -0.2) is 36.3 Å². The third-order valence-electron chi connectivity index (χ3n) is 2.33. The fourth-order valence-corrected chi connectivity index (χ4v) is 1.48. The Kier molecular flexibility index (Phi) is 4.79. The Morgan fingerprint density at radius 2 is 1.55 bits per heavy atom. The van der Waals surface area contributed by atoms with Crippen molar-refractivity contribution in [2.45, 2.75) is 0 Å². The van der Waals surface area contributed by atoms with Gasteiger partial charge in [0.25, 0.3) is 11.8 Å². The van der Waals surface area contributed by atoms with Crippen molar-refractivity contribution < 1.29 is 14.5 Å². The molecule has 22 heavy (non-hydrogen) atoms. The standard InChI is InChI=1S/C5H6N4O3.C5H8N4O/c1-8-2-3(9(11)12)4(7-8)5(6)10;1-9-2-3(6)4(8-9)5(7)10/h2H,1H3,(H2,6,10);2H,6H2,1H3,(H2,7,10). The molecule has 0 aliphatic carbocycles. The molecule has 12 heteroatoms. The molecule has 0 saturated carbocycles. The number of nitrogens with zero attached hydrogens (tertiary/aromatic N) is 5. The van der Waals surface area contributed by atoms with Gasteiger partial charge in [-0.1, -0.05) is 0 Å². The van der Waals surface area contributed by atoms with Gasteiger partial charge in [-0.3, -0.25) is 29.1 Å². The van der Waals surface area contributed by atoms with Gasteiger partial charge in [-0.15, -0.1) is 0 Å². The molecule has 0 fully saturated rings. The molecule has 2 heterocycles. The SMILES string of the molecule is Cn1cc(N)c(C(N)=O)n1.Cn1cc([N+](=O)[O-])c(C(N)=O)n1. The van der Waals surface area contributed by atoms with Gasteiger partial charge in [0.2, 0.25) is 5.69 Å². The Hall–Kier alpha value is -3.44. The van der Waals surface area contributed by atoms with E-state index in [0.29, 0.717) is 5.69 Å². The van der Waals surface area contributed by atoms with Gasteiger partial charge in [0.05, 0.1) is 10.6 Å². The van der Waals surface area contributed by atoms with Gasteiger partial charge in [-0.2, -0.15) is 10.2 Å². The topological polar surface area (TPSA) is 191 Å². The summed E-state index contributed by atoms with van der Waals surface area (Å²) in [6.45, 7) is 0. The Morgan fingerprint density at radius 1 is 1.09 bits per heavy atom. The van der Waals surface area contributed by atoms with Crippen LogP contribution in [0.1, 0.15) is 21.0 Å². The first kappa shape index (κ1) is 16.6. The number of hydrogen-bond acceptors (Lipinski definition) is 7. The maximum atomic E-state index is 10.6. The molecule has 12 nitrogen and oxygen atoms in total. The summed E-state index contributed by atoms with van der Waals surface area (Å²) in [5.74, 6) is -1.50. The largest absolute Gasteiger partial charge is 0.396 e. The third-order valence-corrected chi connectivity index (χ3v) is 2.33.